The van der Waals surface area contributed by atoms with Crippen LogP contribution in [0.3, 0.4) is 0 Å². The maximum Gasteiger partial charge on any atom is 0.128 e. The van der Waals surface area contributed by atoms with Crippen molar-refractivity contribution < 1.29 is 9.84 Å². The number of methoxy groups -OCH3 is 1. The van der Waals surface area contributed by atoms with Crippen LogP contribution >= 0.6 is 0 Å². The molecule has 0 aliphatic rings. The highest BCUT2D eigenvalue weighted by Gasteiger charge is 2.10. The van der Waals surface area contributed by atoms with E-state index in [1.807, 2.05) is 54.6 Å². The largest absolute Gasteiger partial charge is 0.496 e. The van der Waals surface area contributed by atoms with Gasteiger partial charge in [0, 0.05) is 10.9 Å². The maximum atomic E-state index is 9.57. The predicted molar refractivity (Wildman–Crippen MR) is 79.7 cm³/mol. The fourth-order valence-corrected chi connectivity index (χ4v) is 2.37. The van der Waals surface area contributed by atoms with Crippen LogP contribution in [0.1, 0.15) is 5.56 Å². The highest BCUT2D eigenvalue weighted by Crippen LogP contribution is 2.31. The predicted octanol–water partition coefficient (Wildman–Crippen LogP) is 3.40. The van der Waals surface area contributed by atoms with Crippen molar-refractivity contribution in [2.45, 2.75) is 6.61 Å². The van der Waals surface area contributed by atoms with E-state index in [0.29, 0.717) is 0 Å². The van der Waals surface area contributed by atoms with Gasteiger partial charge in [-0.1, -0.05) is 30.3 Å². The zero-order chi connectivity index (χ0) is 13.9. The van der Waals surface area contributed by atoms with E-state index in [9.17, 15) is 5.11 Å². The lowest BCUT2D eigenvalue weighted by Gasteiger charge is -2.11. The fourth-order valence-electron chi connectivity index (χ4n) is 2.37. The van der Waals surface area contributed by atoms with Gasteiger partial charge in [-0.2, -0.15) is 0 Å². The van der Waals surface area contributed by atoms with Crippen LogP contribution in [0, 0.1) is 0 Å². The Balaban J connectivity index is 2.26. The molecule has 100 valence electrons. The molecule has 0 aliphatic carbocycles. The molecular weight excluding hydrogens is 250 g/mol. The molecule has 1 N–H and O–H groups in total. The minimum absolute atomic E-state index is 0.00875. The van der Waals surface area contributed by atoms with Gasteiger partial charge in [0.1, 0.15) is 5.75 Å². The minimum atomic E-state index is -0.00875. The molecule has 2 aromatic carbocycles. The van der Waals surface area contributed by atoms with Crippen LogP contribution in [-0.2, 0) is 6.61 Å². The lowest BCUT2D eigenvalue weighted by molar-refractivity contribution is 0.283. The molecule has 1 aromatic heterocycles. The van der Waals surface area contributed by atoms with Gasteiger partial charge in [0.15, 0.2) is 0 Å². The van der Waals surface area contributed by atoms with Crippen molar-refractivity contribution in [1.29, 1.82) is 0 Å². The van der Waals surface area contributed by atoms with E-state index in [-0.39, 0.29) is 6.61 Å². The van der Waals surface area contributed by atoms with Crippen molar-refractivity contribution in [3.63, 3.8) is 0 Å². The van der Waals surface area contributed by atoms with E-state index < -0.39 is 0 Å². The average molecular weight is 265 g/mol. The molecule has 0 unspecified atom stereocenters. The number of pyridine rings is 1. The Morgan fingerprint density at radius 2 is 1.80 bits per heavy atom. The molecule has 0 amide bonds. The van der Waals surface area contributed by atoms with Gasteiger partial charge < -0.3 is 9.84 Å². The van der Waals surface area contributed by atoms with Crippen molar-refractivity contribution in [1.82, 2.24) is 4.98 Å². The topological polar surface area (TPSA) is 42.4 Å². The summed E-state index contributed by atoms with van der Waals surface area (Å²) in [6.45, 7) is -0.00875. The van der Waals surface area contributed by atoms with Crippen molar-refractivity contribution in [2.75, 3.05) is 7.11 Å². The third-order valence-electron chi connectivity index (χ3n) is 3.36. The number of aliphatic hydroxyl groups excluding tert-OH is 1. The third kappa shape index (κ3) is 2.12. The van der Waals surface area contributed by atoms with Crippen LogP contribution in [-0.4, -0.2) is 17.2 Å². The van der Waals surface area contributed by atoms with Gasteiger partial charge >= 0.3 is 0 Å². The van der Waals surface area contributed by atoms with Crippen LogP contribution in [0.15, 0.2) is 54.6 Å². The van der Waals surface area contributed by atoms with E-state index in [0.717, 1.165) is 33.5 Å². The molecule has 0 bridgehead atoms. The standard InChI is InChI=1S/C17H15NO2/c1-20-17-9-5-3-7-14(17)16-10-12(11-19)13-6-2-4-8-15(13)18-16/h2-10,19H,11H2,1H3. The minimum Gasteiger partial charge on any atom is -0.496 e. The second kappa shape index (κ2) is 5.31. The molecule has 0 saturated heterocycles. The molecular formula is C17H15NO2. The van der Waals surface area contributed by atoms with Gasteiger partial charge in [0.2, 0.25) is 0 Å². The Hall–Kier alpha value is -2.39. The van der Waals surface area contributed by atoms with Crippen molar-refractivity contribution in [2.24, 2.45) is 0 Å². The summed E-state index contributed by atoms with van der Waals surface area (Å²) in [5, 5.41) is 10.6. The van der Waals surface area contributed by atoms with E-state index >= 15 is 0 Å². The summed E-state index contributed by atoms with van der Waals surface area (Å²) >= 11 is 0. The van der Waals surface area contributed by atoms with E-state index in [2.05, 4.69) is 4.98 Å². The number of hydrogen-bond acceptors (Lipinski definition) is 3. The number of rotatable bonds is 3. The van der Waals surface area contributed by atoms with E-state index in [4.69, 9.17) is 4.74 Å². The van der Waals surface area contributed by atoms with E-state index in [1.54, 1.807) is 7.11 Å². The number of fused-ring (bicyclic) bond motifs is 1. The molecule has 0 aliphatic heterocycles. The first-order valence-electron chi connectivity index (χ1n) is 6.46. The van der Waals surface area contributed by atoms with Gasteiger partial charge in [-0.3, -0.25) is 0 Å². The number of nitrogens with zero attached hydrogens (tertiary/aromatic N) is 1. The first-order chi connectivity index (χ1) is 9.83. The number of aromatic nitrogens is 1. The molecule has 0 spiro atoms. The molecule has 0 fully saturated rings. The summed E-state index contributed by atoms with van der Waals surface area (Å²) in [4.78, 5) is 4.67. The summed E-state index contributed by atoms with van der Waals surface area (Å²) in [6.07, 6.45) is 0. The normalized spacial score (nSPS) is 10.7. The molecule has 0 atom stereocenters. The second-order valence-electron chi connectivity index (χ2n) is 4.54. The molecule has 3 nitrogen and oxygen atoms in total. The SMILES string of the molecule is COc1ccccc1-c1cc(CO)c2ccccc2n1. The Morgan fingerprint density at radius 3 is 2.60 bits per heavy atom. The number of hydrogen-bond donors (Lipinski definition) is 1. The molecule has 0 radical (unpaired) electrons. The molecule has 3 heteroatoms. The van der Waals surface area contributed by atoms with Crippen LogP contribution in [0.4, 0.5) is 0 Å². The van der Waals surface area contributed by atoms with Gasteiger partial charge in [-0.25, -0.2) is 4.98 Å². The summed E-state index contributed by atoms with van der Waals surface area (Å²) in [6, 6.07) is 17.5. The van der Waals surface area contributed by atoms with Crippen LogP contribution in [0.25, 0.3) is 22.2 Å². The number of para-hydroxylation sites is 2. The van der Waals surface area contributed by atoms with Crippen LogP contribution in [0.2, 0.25) is 0 Å². The first-order valence-corrected chi connectivity index (χ1v) is 6.46. The van der Waals surface area contributed by atoms with E-state index in [1.165, 1.54) is 0 Å². The Bertz CT molecular complexity index is 753. The van der Waals surface area contributed by atoms with Crippen LogP contribution in [0.5, 0.6) is 5.75 Å². The molecule has 3 aromatic rings. The van der Waals surface area contributed by atoms with Crippen molar-refractivity contribution >= 4 is 10.9 Å². The van der Waals surface area contributed by atoms with Crippen molar-refractivity contribution in [3.05, 3.63) is 60.2 Å². The Morgan fingerprint density at radius 1 is 1.05 bits per heavy atom. The number of aliphatic hydroxyl groups is 1. The summed E-state index contributed by atoms with van der Waals surface area (Å²) in [7, 11) is 1.65. The number of ether oxygens (including phenoxy) is 1. The second-order valence-corrected chi connectivity index (χ2v) is 4.54. The average Bonchev–Trinajstić information content (AvgIpc) is 2.53. The molecule has 3 rings (SSSR count). The summed E-state index contributed by atoms with van der Waals surface area (Å²) in [5.74, 6) is 0.777. The molecule has 1 heterocycles. The smallest absolute Gasteiger partial charge is 0.128 e. The zero-order valence-electron chi connectivity index (χ0n) is 11.2. The fraction of sp³-hybridized carbons (Fsp3) is 0.118. The lowest BCUT2D eigenvalue weighted by Crippen LogP contribution is -1.94. The van der Waals surface area contributed by atoms with Crippen LogP contribution < -0.4 is 4.74 Å². The van der Waals surface area contributed by atoms with Gasteiger partial charge in [0.05, 0.1) is 24.9 Å². The van der Waals surface area contributed by atoms with Gasteiger partial charge in [-0.15, -0.1) is 0 Å². The van der Waals surface area contributed by atoms with Gasteiger partial charge in [-0.05, 0) is 29.8 Å². The molecule has 0 saturated carbocycles. The third-order valence-corrected chi connectivity index (χ3v) is 3.36. The van der Waals surface area contributed by atoms with Gasteiger partial charge in [0.25, 0.3) is 0 Å². The quantitative estimate of drug-likeness (QED) is 0.789. The maximum absolute atomic E-state index is 9.57. The highest BCUT2D eigenvalue weighted by molar-refractivity contribution is 5.85. The Labute approximate surface area is 117 Å². The Kier molecular flexibility index (Phi) is 3.35. The summed E-state index contributed by atoms with van der Waals surface area (Å²) in [5.41, 5.74) is 3.48. The summed E-state index contributed by atoms with van der Waals surface area (Å²) < 4.78 is 5.38. The first kappa shape index (κ1) is 12.6. The number of benzene rings is 2. The monoisotopic (exact) mass is 265 g/mol. The highest BCUT2D eigenvalue weighted by atomic mass is 16.5. The molecule has 20 heavy (non-hydrogen) atoms. The van der Waals surface area contributed by atoms with Crippen molar-refractivity contribution in [3.8, 4) is 17.0 Å². The lowest BCUT2D eigenvalue weighted by atomic mass is 10.0. The zero-order valence-corrected chi connectivity index (χ0v) is 11.2.